The minimum Gasteiger partial charge on any atom is -0.383 e. The minimum atomic E-state index is -0.464. The summed E-state index contributed by atoms with van der Waals surface area (Å²) in [5, 5.41) is 0. The number of rotatable bonds is 5. The van der Waals surface area contributed by atoms with E-state index in [-0.39, 0.29) is 11.5 Å². The topological polar surface area (TPSA) is 76.4 Å². The molecule has 156 valence electrons. The normalized spacial score (nSPS) is 20.9. The van der Waals surface area contributed by atoms with Crippen LogP contribution in [0.1, 0.15) is 10.4 Å². The van der Waals surface area contributed by atoms with Gasteiger partial charge >= 0.3 is 0 Å². The molecule has 0 radical (unpaired) electrons. The fraction of sp³-hybridized carbons (Fsp3) is 0.429. The number of fused-ring (bicyclic) bond motifs is 2. The summed E-state index contributed by atoms with van der Waals surface area (Å²) in [6.07, 6.45) is 3.35. The van der Waals surface area contributed by atoms with Crippen LogP contribution in [-0.2, 0) is 11.3 Å². The smallest absolute Gasteiger partial charge is 0.256 e. The maximum absolute atomic E-state index is 14.0. The first kappa shape index (κ1) is 18.9. The molecule has 1 amide bonds. The average molecular weight is 410 g/mol. The van der Waals surface area contributed by atoms with E-state index in [1.54, 1.807) is 42.9 Å². The van der Waals surface area contributed by atoms with Gasteiger partial charge in [-0.25, -0.2) is 19.3 Å². The third-order valence-electron chi connectivity index (χ3n) is 6.10. The molecule has 0 aliphatic carbocycles. The largest absolute Gasteiger partial charge is 0.383 e. The van der Waals surface area contributed by atoms with Crippen molar-refractivity contribution in [1.29, 1.82) is 0 Å². The van der Waals surface area contributed by atoms with E-state index in [1.807, 2.05) is 4.57 Å². The summed E-state index contributed by atoms with van der Waals surface area (Å²) in [5.74, 6) is 0.809. The zero-order valence-electron chi connectivity index (χ0n) is 16.7. The van der Waals surface area contributed by atoms with Gasteiger partial charge in [0.15, 0.2) is 17.0 Å². The standard InChI is InChI=1S/C21H23FN6O2/c1-30-7-6-26-13-25-18-19(26)23-12-24-20(18)27-8-14-10-28(11-15(14)9-27)21(29)16-4-2-3-5-17(16)22/h2-5,12-15H,6-11H2,1H3. The number of benzene rings is 1. The van der Waals surface area contributed by atoms with Crippen molar-refractivity contribution in [1.82, 2.24) is 24.4 Å². The van der Waals surface area contributed by atoms with Crippen molar-refractivity contribution in [2.24, 2.45) is 11.8 Å². The summed E-state index contributed by atoms with van der Waals surface area (Å²) in [7, 11) is 1.67. The second kappa shape index (κ2) is 7.64. The first-order valence-corrected chi connectivity index (χ1v) is 10.1. The van der Waals surface area contributed by atoms with E-state index in [4.69, 9.17) is 4.74 Å². The van der Waals surface area contributed by atoms with Crippen LogP contribution in [0, 0.1) is 17.7 Å². The SMILES string of the molecule is COCCn1cnc2c(N3CC4CN(C(=O)c5ccccc5F)CC4C3)ncnc21. The maximum atomic E-state index is 14.0. The highest BCUT2D eigenvalue weighted by Crippen LogP contribution is 2.35. The number of aromatic nitrogens is 4. The van der Waals surface area contributed by atoms with Crippen LogP contribution in [0.25, 0.3) is 11.2 Å². The number of carbonyl (C=O) groups is 1. The van der Waals surface area contributed by atoms with Crippen molar-refractivity contribution in [3.05, 3.63) is 48.3 Å². The lowest BCUT2D eigenvalue weighted by Crippen LogP contribution is -2.34. The Balaban J connectivity index is 1.31. The van der Waals surface area contributed by atoms with Crippen LogP contribution in [0.15, 0.2) is 36.9 Å². The van der Waals surface area contributed by atoms with E-state index in [0.717, 1.165) is 30.1 Å². The third-order valence-corrected chi connectivity index (χ3v) is 6.10. The van der Waals surface area contributed by atoms with Crippen molar-refractivity contribution < 1.29 is 13.9 Å². The number of anilines is 1. The molecule has 2 aliphatic rings. The third kappa shape index (κ3) is 3.19. The Bertz CT molecular complexity index is 1070. The number of hydrogen-bond donors (Lipinski definition) is 0. The van der Waals surface area contributed by atoms with Gasteiger partial charge in [-0.2, -0.15) is 0 Å². The Labute approximate surface area is 173 Å². The number of likely N-dealkylation sites (tertiary alicyclic amines) is 1. The Morgan fingerprint density at radius 3 is 2.63 bits per heavy atom. The summed E-state index contributed by atoms with van der Waals surface area (Å²) < 4.78 is 21.1. The number of halogens is 1. The highest BCUT2D eigenvalue weighted by Gasteiger charge is 2.43. The number of nitrogens with zero attached hydrogens (tertiary/aromatic N) is 6. The monoisotopic (exact) mass is 410 g/mol. The Hall–Kier alpha value is -3.07. The molecule has 9 heteroatoms. The number of ether oxygens (including phenoxy) is 1. The van der Waals surface area contributed by atoms with Gasteiger partial charge in [-0.15, -0.1) is 0 Å². The quantitative estimate of drug-likeness (QED) is 0.639. The van der Waals surface area contributed by atoms with Gasteiger partial charge in [-0.05, 0) is 12.1 Å². The van der Waals surface area contributed by atoms with Crippen molar-refractivity contribution in [3.63, 3.8) is 0 Å². The van der Waals surface area contributed by atoms with Crippen molar-refractivity contribution in [3.8, 4) is 0 Å². The molecule has 2 fully saturated rings. The molecule has 30 heavy (non-hydrogen) atoms. The molecule has 2 saturated heterocycles. The molecule has 0 bridgehead atoms. The average Bonchev–Trinajstić information content (AvgIpc) is 3.45. The molecule has 2 aliphatic heterocycles. The van der Waals surface area contributed by atoms with E-state index in [2.05, 4.69) is 19.9 Å². The fourth-order valence-electron chi connectivity index (χ4n) is 4.59. The van der Waals surface area contributed by atoms with Crippen LogP contribution < -0.4 is 4.90 Å². The lowest BCUT2D eigenvalue weighted by molar-refractivity contribution is 0.0778. The molecule has 1 aromatic carbocycles. The highest BCUT2D eigenvalue weighted by atomic mass is 19.1. The van der Waals surface area contributed by atoms with Gasteiger partial charge in [0, 0.05) is 51.7 Å². The van der Waals surface area contributed by atoms with E-state index in [9.17, 15) is 9.18 Å². The molecule has 2 atom stereocenters. The molecule has 5 rings (SSSR count). The van der Waals surface area contributed by atoms with Gasteiger partial charge in [-0.3, -0.25) is 4.79 Å². The van der Waals surface area contributed by atoms with Crippen LogP contribution >= 0.6 is 0 Å². The molecule has 0 N–H and O–H groups in total. The summed E-state index contributed by atoms with van der Waals surface area (Å²) in [4.78, 5) is 30.2. The first-order valence-electron chi connectivity index (χ1n) is 10.1. The van der Waals surface area contributed by atoms with Gasteiger partial charge in [0.25, 0.3) is 5.91 Å². The fourth-order valence-corrected chi connectivity index (χ4v) is 4.59. The Morgan fingerprint density at radius 2 is 1.90 bits per heavy atom. The van der Waals surface area contributed by atoms with Crippen LogP contribution in [0.4, 0.5) is 10.2 Å². The lowest BCUT2D eigenvalue weighted by Gasteiger charge is -2.22. The van der Waals surface area contributed by atoms with Crippen molar-refractivity contribution in [2.45, 2.75) is 6.54 Å². The van der Waals surface area contributed by atoms with Crippen molar-refractivity contribution in [2.75, 3.05) is 44.8 Å². The molecule has 0 spiro atoms. The van der Waals surface area contributed by atoms with Crippen LogP contribution in [0.5, 0.6) is 0 Å². The molecule has 4 heterocycles. The molecular formula is C21H23FN6O2. The van der Waals surface area contributed by atoms with Crippen LogP contribution in [-0.4, -0.2) is 70.2 Å². The predicted molar refractivity (Wildman–Crippen MR) is 109 cm³/mol. The number of imidazole rings is 1. The molecule has 8 nitrogen and oxygen atoms in total. The molecule has 2 aromatic heterocycles. The van der Waals surface area contributed by atoms with Crippen molar-refractivity contribution >= 4 is 22.9 Å². The van der Waals surface area contributed by atoms with E-state index < -0.39 is 5.82 Å². The van der Waals surface area contributed by atoms with Gasteiger partial charge in [0.05, 0.1) is 18.5 Å². The van der Waals surface area contributed by atoms with E-state index in [0.29, 0.717) is 38.1 Å². The lowest BCUT2D eigenvalue weighted by atomic mass is 10.0. The van der Waals surface area contributed by atoms with E-state index in [1.165, 1.54) is 6.07 Å². The first-order chi connectivity index (χ1) is 14.7. The van der Waals surface area contributed by atoms with Gasteiger partial charge < -0.3 is 19.1 Å². The summed E-state index contributed by atoms with van der Waals surface area (Å²) in [6, 6.07) is 6.18. The summed E-state index contributed by atoms with van der Waals surface area (Å²) in [5.41, 5.74) is 1.73. The van der Waals surface area contributed by atoms with Crippen LogP contribution in [0.2, 0.25) is 0 Å². The maximum Gasteiger partial charge on any atom is 0.256 e. The highest BCUT2D eigenvalue weighted by molar-refractivity contribution is 5.94. The molecule has 2 unspecified atom stereocenters. The van der Waals surface area contributed by atoms with Gasteiger partial charge in [0.2, 0.25) is 0 Å². The number of hydrogen-bond acceptors (Lipinski definition) is 6. The summed E-state index contributed by atoms with van der Waals surface area (Å²) >= 11 is 0. The molecular weight excluding hydrogens is 387 g/mol. The second-order valence-electron chi connectivity index (χ2n) is 7.92. The van der Waals surface area contributed by atoms with Crippen LogP contribution in [0.3, 0.4) is 0 Å². The molecule has 3 aromatic rings. The number of amides is 1. The van der Waals surface area contributed by atoms with Gasteiger partial charge in [-0.1, -0.05) is 12.1 Å². The molecule has 0 saturated carbocycles. The Morgan fingerprint density at radius 1 is 1.13 bits per heavy atom. The van der Waals surface area contributed by atoms with Gasteiger partial charge in [0.1, 0.15) is 12.1 Å². The van der Waals surface area contributed by atoms with E-state index >= 15 is 0 Å². The predicted octanol–water partition coefficient (Wildman–Crippen LogP) is 1.82. The number of methoxy groups -OCH3 is 1. The number of carbonyl (C=O) groups excluding carboxylic acids is 1. The second-order valence-corrected chi connectivity index (χ2v) is 7.92. The summed E-state index contributed by atoms with van der Waals surface area (Å²) in [6.45, 7) is 4.12. The zero-order chi connectivity index (χ0) is 20.7. The Kier molecular flexibility index (Phi) is 4.82. The zero-order valence-corrected chi connectivity index (χ0v) is 16.7. The minimum absolute atomic E-state index is 0.147.